The topological polar surface area (TPSA) is 49.4 Å². The van der Waals surface area contributed by atoms with Crippen LogP contribution in [0.5, 0.6) is 0 Å². The third kappa shape index (κ3) is 2.52. The van der Waals surface area contributed by atoms with E-state index in [0.29, 0.717) is 11.4 Å². The van der Waals surface area contributed by atoms with Gasteiger partial charge >= 0.3 is 0 Å². The van der Waals surface area contributed by atoms with Crippen LogP contribution in [0.15, 0.2) is 23.1 Å². The first kappa shape index (κ1) is 13.4. The van der Waals surface area contributed by atoms with E-state index in [0.717, 1.165) is 37.1 Å². The van der Waals surface area contributed by atoms with Crippen LogP contribution < -0.4 is 5.32 Å². The molecule has 18 heavy (non-hydrogen) atoms. The van der Waals surface area contributed by atoms with Crippen LogP contribution in [0, 0.1) is 0 Å². The van der Waals surface area contributed by atoms with Crippen LogP contribution in [0.3, 0.4) is 0 Å². The SMILES string of the molecule is CCCN(C)S(=O)(=O)c1ccc2c(c1)CCCN2. The van der Waals surface area contributed by atoms with Crippen LogP contribution in [0.25, 0.3) is 0 Å². The number of fused-ring (bicyclic) bond motifs is 1. The van der Waals surface area contributed by atoms with E-state index in [4.69, 9.17) is 0 Å². The predicted molar refractivity (Wildman–Crippen MR) is 73.4 cm³/mol. The molecule has 0 radical (unpaired) electrons. The lowest BCUT2D eigenvalue weighted by molar-refractivity contribution is 0.468. The maximum atomic E-state index is 12.3. The van der Waals surface area contributed by atoms with Crippen molar-refractivity contribution < 1.29 is 8.42 Å². The van der Waals surface area contributed by atoms with Crippen molar-refractivity contribution in [1.29, 1.82) is 0 Å². The fourth-order valence-corrected chi connectivity index (χ4v) is 3.54. The quantitative estimate of drug-likeness (QED) is 0.909. The van der Waals surface area contributed by atoms with Crippen molar-refractivity contribution >= 4 is 15.7 Å². The fraction of sp³-hybridized carbons (Fsp3) is 0.538. The summed E-state index contributed by atoms with van der Waals surface area (Å²) in [7, 11) is -1.69. The van der Waals surface area contributed by atoms with Crippen LogP contribution in [0.1, 0.15) is 25.3 Å². The van der Waals surface area contributed by atoms with Crippen molar-refractivity contribution in [1.82, 2.24) is 4.31 Å². The molecule has 2 rings (SSSR count). The molecular weight excluding hydrogens is 248 g/mol. The molecule has 0 amide bonds. The molecule has 0 saturated carbocycles. The van der Waals surface area contributed by atoms with Gasteiger partial charge in [-0.05, 0) is 43.0 Å². The molecule has 1 heterocycles. The Balaban J connectivity index is 2.33. The second-order valence-corrected chi connectivity index (χ2v) is 6.72. The number of nitrogens with one attached hydrogen (secondary N) is 1. The van der Waals surface area contributed by atoms with Gasteiger partial charge in [0.05, 0.1) is 4.90 Å². The Labute approximate surface area is 109 Å². The van der Waals surface area contributed by atoms with Gasteiger partial charge in [-0.3, -0.25) is 0 Å². The highest BCUT2D eigenvalue weighted by Crippen LogP contribution is 2.26. The summed E-state index contributed by atoms with van der Waals surface area (Å²) in [5.74, 6) is 0. The number of aryl methyl sites for hydroxylation is 1. The maximum Gasteiger partial charge on any atom is 0.242 e. The minimum atomic E-state index is -3.33. The summed E-state index contributed by atoms with van der Waals surface area (Å²) in [4.78, 5) is 0.404. The molecule has 1 N–H and O–H groups in total. The molecule has 1 aromatic rings. The van der Waals surface area contributed by atoms with E-state index >= 15 is 0 Å². The molecule has 4 nitrogen and oxygen atoms in total. The van der Waals surface area contributed by atoms with Gasteiger partial charge in [0.2, 0.25) is 10.0 Å². The Morgan fingerprint density at radius 2 is 2.17 bits per heavy atom. The zero-order valence-corrected chi connectivity index (χ0v) is 11.8. The number of benzene rings is 1. The molecule has 0 fully saturated rings. The highest BCUT2D eigenvalue weighted by atomic mass is 32.2. The number of hydrogen-bond acceptors (Lipinski definition) is 3. The molecule has 0 aliphatic carbocycles. The lowest BCUT2D eigenvalue weighted by atomic mass is 10.0. The van der Waals surface area contributed by atoms with Crippen LogP contribution in [-0.2, 0) is 16.4 Å². The second-order valence-electron chi connectivity index (χ2n) is 4.68. The van der Waals surface area contributed by atoms with Crippen LogP contribution in [0.2, 0.25) is 0 Å². The Morgan fingerprint density at radius 1 is 1.39 bits per heavy atom. The third-order valence-corrected chi connectivity index (χ3v) is 5.11. The molecule has 0 spiro atoms. The first-order valence-electron chi connectivity index (χ1n) is 6.39. The summed E-state index contributed by atoms with van der Waals surface area (Å²) in [6, 6.07) is 5.38. The number of hydrogen-bond donors (Lipinski definition) is 1. The van der Waals surface area contributed by atoms with Crippen LogP contribution in [0.4, 0.5) is 5.69 Å². The van der Waals surface area contributed by atoms with Gasteiger partial charge in [0, 0.05) is 25.8 Å². The molecule has 1 aliphatic heterocycles. The van der Waals surface area contributed by atoms with Crippen LogP contribution >= 0.6 is 0 Å². The molecule has 0 bridgehead atoms. The average Bonchev–Trinajstić information content (AvgIpc) is 2.38. The summed E-state index contributed by atoms with van der Waals surface area (Å²) >= 11 is 0. The Hall–Kier alpha value is -1.07. The van der Waals surface area contributed by atoms with Gasteiger partial charge in [0.15, 0.2) is 0 Å². The highest BCUT2D eigenvalue weighted by Gasteiger charge is 2.21. The Bertz CT molecular complexity index is 526. The number of sulfonamides is 1. The Morgan fingerprint density at radius 3 is 2.89 bits per heavy atom. The van der Waals surface area contributed by atoms with Gasteiger partial charge in [0.1, 0.15) is 0 Å². The van der Waals surface area contributed by atoms with E-state index < -0.39 is 10.0 Å². The van der Waals surface area contributed by atoms with E-state index in [9.17, 15) is 8.42 Å². The highest BCUT2D eigenvalue weighted by molar-refractivity contribution is 7.89. The van der Waals surface area contributed by atoms with E-state index in [2.05, 4.69) is 5.32 Å². The minimum absolute atomic E-state index is 0.404. The van der Waals surface area contributed by atoms with Crippen molar-refractivity contribution in [2.45, 2.75) is 31.1 Å². The number of anilines is 1. The van der Waals surface area contributed by atoms with Crippen molar-refractivity contribution in [3.63, 3.8) is 0 Å². The fourth-order valence-electron chi connectivity index (χ4n) is 2.23. The van der Waals surface area contributed by atoms with Crippen molar-refractivity contribution in [2.24, 2.45) is 0 Å². The van der Waals surface area contributed by atoms with Gasteiger partial charge in [0.25, 0.3) is 0 Å². The summed E-state index contributed by atoms with van der Waals surface area (Å²) in [5, 5.41) is 3.29. The van der Waals surface area contributed by atoms with Gasteiger partial charge in [-0.1, -0.05) is 6.92 Å². The van der Waals surface area contributed by atoms with E-state index in [-0.39, 0.29) is 0 Å². The molecular formula is C13H20N2O2S. The molecule has 1 aromatic carbocycles. The van der Waals surface area contributed by atoms with Crippen LogP contribution in [-0.4, -0.2) is 32.9 Å². The first-order chi connectivity index (χ1) is 8.55. The molecule has 0 aromatic heterocycles. The van der Waals surface area contributed by atoms with E-state index in [1.165, 1.54) is 4.31 Å². The summed E-state index contributed by atoms with van der Waals surface area (Å²) in [6.45, 7) is 3.50. The van der Waals surface area contributed by atoms with Crippen molar-refractivity contribution in [3.8, 4) is 0 Å². The lowest BCUT2D eigenvalue weighted by Gasteiger charge is -2.21. The molecule has 0 atom stereocenters. The van der Waals surface area contributed by atoms with Gasteiger partial charge in [-0.25, -0.2) is 12.7 Å². The molecule has 0 saturated heterocycles. The number of rotatable bonds is 4. The Kier molecular flexibility index (Phi) is 3.92. The van der Waals surface area contributed by atoms with Crippen molar-refractivity contribution in [2.75, 3.05) is 25.5 Å². The zero-order valence-electron chi connectivity index (χ0n) is 10.9. The predicted octanol–water partition coefficient (Wildman–Crippen LogP) is 2.08. The molecule has 100 valence electrons. The summed E-state index contributed by atoms with van der Waals surface area (Å²) in [6.07, 6.45) is 2.83. The van der Waals surface area contributed by atoms with E-state index in [1.807, 2.05) is 19.1 Å². The monoisotopic (exact) mass is 268 g/mol. The van der Waals surface area contributed by atoms with Gasteiger partial charge in [-0.2, -0.15) is 0 Å². The zero-order chi connectivity index (χ0) is 13.2. The molecule has 1 aliphatic rings. The van der Waals surface area contributed by atoms with Gasteiger partial charge < -0.3 is 5.32 Å². The summed E-state index contributed by atoms with van der Waals surface area (Å²) in [5.41, 5.74) is 2.17. The standard InChI is InChI=1S/C13H20N2O2S/c1-3-9-15(2)18(16,17)12-6-7-13-11(10-12)5-4-8-14-13/h6-7,10,14H,3-5,8-9H2,1-2H3. The average molecular weight is 268 g/mol. The molecule has 0 unspecified atom stereocenters. The minimum Gasteiger partial charge on any atom is -0.385 e. The first-order valence-corrected chi connectivity index (χ1v) is 7.83. The summed E-state index contributed by atoms with van der Waals surface area (Å²) < 4.78 is 26.0. The second kappa shape index (κ2) is 5.28. The normalized spacial score (nSPS) is 15.3. The third-order valence-electron chi connectivity index (χ3n) is 3.26. The lowest BCUT2D eigenvalue weighted by Crippen LogP contribution is -2.28. The smallest absolute Gasteiger partial charge is 0.242 e. The van der Waals surface area contributed by atoms with Gasteiger partial charge in [-0.15, -0.1) is 0 Å². The largest absolute Gasteiger partial charge is 0.385 e. The van der Waals surface area contributed by atoms with Crippen molar-refractivity contribution in [3.05, 3.63) is 23.8 Å². The van der Waals surface area contributed by atoms with E-state index in [1.54, 1.807) is 13.1 Å². The number of nitrogens with zero attached hydrogens (tertiary/aromatic N) is 1. The maximum absolute atomic E-state index is 12.3. The molecule has 5 heteroatoms.